The Bertz CT molecular complexity index is 847. The number of carbonyl (C=O) groups is 2. The molecule has 2 aliphatic rings. The maximum atomic E-state index is 12.7. The highest BCUT2D eigenvalue weighted by atomic mass is 16.4. The molecule has 134 valence electrons. The van der Waals surface area contributed by atoms with E-state index in [-0.39, 0.29) is 17.6 Å². The molecule has 2 aromatic carbocycles. The molecule has 2 N–H and O–H groups in total. The molecule has 0 amide bonds. The maximum Gasteiger partial charge on any atom is 0.311 e. The first-order valence-corrected chi connectivity index (χ1v) is 9.20. The van der Waals surface area contributed by atoms with Crippen LogP contribution >= 0.6 is 0 Å². The lowest BCUT2D eigenvalue weighted by Gasteiger charge is -2.43. The topological polar surface area (TPSA) is 66.4 Å². The molecule has 4 heteroatoms. The molecule has 4 nitrogen and oxygen atoms in total. The van der Waals surface area contributed by atoms with Gasteiger partial charge in [0.1, 0.15) is 5.78 Å². The lowest BCUT2D eigenvalue weighted by atomic mass is 9.57. The largest absolute Gasteiger partial charge is 0.481 e. The monoisotopic (exact) mass is 349 g/mol. The summed E-state index contributed by atoms with van der Waals surface area (Å²) in [6.45, 7) is 2.18. The van der Waals surface area contributed by atoms with Crippen molar-refractivity contribution < 1.29 is 14.7 Å². The Balaban J connectivity index is 1.95. The van der Waals surface area contributed by atoms with Crippen LogP contribution in [0.5, 0.6) is 0 Å². The second-order valence-electron chi connectivity index (χ2n) is 7.43. The van der Waals surface area contributed by atoms with E-state index in [0.29, 0.717) is 19.4 Å². The third kappa shape index (κ3) is 2.40. The molecule has 1 aliphatic carbocycles. The molecule has 26 heavy (non-hydrogen) atoms. The zero-order valence-electron chi connectivity index (χ0n) is 14.8. The molecule has 4 rings (SSSR count). The molecule has 0 spiro atoms. The summed E-state index contributed by atoms with van der Waals surface area (Å²) in [7, 11) is 0. The summed E-state index contributed by atoms with van der Waals surface area (Å²) in [6.07, 6.45) is 0.875. The first-order chi connectivity index (χ1) is 12.6. The molecule has 2 aromatic rings. The Morgan fingerprint density at radius 3 is 2.50 bits per heavy atom. The minimum atomic E-state index is -0.954. The van der Waals surface area contributed by atoms with Crippen molar-refractivity contribution in [3.63, 3.8) is 0 Å². The fourth-order valence-corrected chi connectivity index (χ4v) is 4.95. The summed E-state index contributed by atoms with van der Waals surface area (Å²) in [5.74, 6) is -1.10. The average molecular weight is 349 g/mol. The van der Waals surface area contributed by atoms with Gasteiger partial charge in [0.05, 0.1) is 11.5 Å². The van der Waals surface area contributed by atoms with Crippen LogP contribution in [0.3, 0.4) is 0 Å². The number of carboxylic acids is 1. The molecule has 0 radical (unpaired) electrons. The highest BCUT2D eigenvalue weighted by molar-refractivity contribution is 5.88. The lowest BCUT2D eigenvalue weighted by Crippen LogP contribution is -2.49. The fraction of sp³-hybridized carbons (Fsp3) is 0.364. The number of hydrogen-bond donors (Lipinski definition) is 2. The van der Waals surface area contributed by atoms with Crippen molar-refractivity contribution in [2.45, 2.75) is 31.7 Å². The van der Waals surface area contributed by atoms with Crippen molar-refractivity contribution in [2.24, 2.45) is 11.3 Å². The van der Waals surface area contributed by atoms with Crippen molar-refractivity contribution in [3.05, 3.63) is 71.3 Å². The van der Waals surface area contributed by atoms with Gasteiger partial charge in [-0.1, -0.05) is 61.5 Å². The normalized spacial score (nSPS) is 29.7. The second-order valence-corrected chi connectivity index (χ2v) is 7.43. The van der Waals surface area contributed by atoms with Gasteiger partial charge in [0.15, 0.2) is 0 Å². The zero-order chi connectivity index (χ0) is 18.3. The predicted molar refractivity (Wildman–Crippen MR) is 99.1 cm³/mol. The molecule has 0 aromatic heterocycles. The molecule has 1 aliphatic heterocycles. The van der Waals surface area contributed by atoms with E-state index in [0.717, 1.165) is 16.7 Å². The summed E-state index contributed by atoms with van der Waals surface area (Å²) < 4.78 is 0. The summed E-state index contributed by atoms with van der Waals surface area (Å²) in [5, 5.41) is 13.5. The van der Waals surface area contributed by atoms with Gasteiger partial charge in [-0.15, -0.1) is 0 Å². The smallest absolute Gasteiger partial charge is 0.311 e. The van der Waals surface area contributed by atoms with Gasteiger partial charge in [-0.3, -0.25) is 9.59 Å². The third-order valence-corrected chi connectivity index (χ3v) is 6.17. The number of aliphatic carboxylic acids is 1. The van der Waals surface area contributed by atoms with E-state index in [4.69, 9.17) is 0 Å². The Labute approximate surface area is 153 Å². The summed E-state index contributed by atoms with van der Waals surface area (Å²) in [4.78, 5) is 25.1. The number of Topliss-reactive ketones (excluding diaryl/α,β-unsaturated/α-hetero) is 1. The maximum absolute atomic E-state index is 12.7. The molecule has 4 atom stereocenters. The lowest BCUT2D eigenvalue weighted by molar-refractivity contribution is -0.151. The predicted octanol–water partition coefficient (Wildman–Crippen LogP) is 3.01. The minimum absolute atomic E-state index is 0.0958. The van der Waals surface area contributed by atoms with Crippen LogP contribution in [0.1, 0.15) is 36.0 Å². The SMILES string of the molecule is CCC(=O)C1NCC2(C(=O)O)Cc3ccccc3C(c3ccccc3)C12. The first kappa shape index (κ1) is 17.0. The number of nitrogens with one attached hydrogen (secondary N) is 1. The van der Waals surface area contributed by atoms with Crippen molar-refractivity contribution >= 4 is 11.8 Å². The van der Waals surface area contributed by atoms with Crippen LogP contribution in [0.25, 0.3) is 0 Å². The van der Waals surface area contributed by atoms with Crippen LogP contribution in [-0.4, -0.2) is 29.4 Å². The fourth-order valence-electron chi connectivity index (χ4n) is 4.95. The van der Waals surface area contributed by atoms with E-state index in [9.17, 15) is 14.7 Å². The molecular formula is C22H23NO3. The van der Waals surface area contributed by atoms with Gasteiger partial charge in [-0.2, -0.15) is 0 Å². The number of rotatable bonds is 4. The minimum Gasteiger partial charge on any atom is -0.481 e. The number of carboxylic acid groups (broad SMARTS) is 1. The van der Waals surface area contributed by atoms with Gasteiger partial charge in [0.25, 0.3) is 0 Å². The van der Waals surface area contributed by atoms with Crippen LogP contribution < -0.4 is 5.32 Å². The van der Waals surface area contributed by atoms with Crippen molar-refractivity contribution in [3.8, 4) is 0 Å². The standard InChI is InChI=1S/C22H23NO3/c1-2-17(24)20-19-18(14-8-4-3-5-9-14)16-11-7-6-10-15(16)12-22(19,13-23-20)21(25)26/h3-11,18-20,23H,2,12-13H2,1H3,(H,25,26). The number of carbonyl (C=O) groups excluding carboxylic acids is 1. The summed E-state index contributed by atoms with van der Waals surface area (Å²) >= 11 is 0. The first-order valence-electron chi connectivity index (χ1n) is 9.20. The highest BCUT2D eigenvalue weighted by Gasteiger charge is 2.60. The number of hydrogen-bond acceptors (Lipinski definition) is 3. The van der Waals surface area contributed by atoms with Gasteiger partial charge in [-0.25, -0.2) is 0 Å². The van der Waals surface area contributed by atoms with Crippen molar-refractivity contribution in [2.75, 3.05) is 6.54 Å². The number of ketones is 1. The molecule has 1 heterocycles. The van der Waals surface area contributed by atoms with Crippen LogP contribution in [0.4, 0.5) is 0 Å². The quantitative estimate of drug-likeness (QED) is 0.890. The van der Waals surface area contributed by atoms with E-state index in [2.05, 4.69) is 11.4 Å². The van der Waals surface area contributed by atoms with Gasteiger partial charge >= 0.3 is 5.97 Å². The van der Waals surface area contributed by atoms with Gasteiger partial charge < -0.3 is 10.4 Å². The van der Waals surface area contributed by atoms with E-state index in [1.165, 1.54) is 0 Å². The molecule has 1 saturated heterocycles. The van der Waals surface area contributed by atoms with E-state index >= 15 is 0 Å². The average Bonchev–Trinajstić information content (AvgIpc) is 3.06. The highest BCUT2D eigenvalue weighted by Crippen LogP contribution is 2.54. The summed E-state index contributed by atoms with van der Waals surface area (Å²) in [5.41, 5.74) is 2.35. The molecule has 4 unspecified atom stereocenters. The van der Waals surface area contributed by atoms with E-state index < -0.39 is 17.4 Å². The van der Waals surface area contributed by atoms with Crippen molar-refractivity contribution in [1.29, 1.82) is 0 Å². The molecule has 0 saturated carbocycles. The number of benzene rings is 2. The zero-order valence-corrected chi connectivity index (χ0v) is 14.8. The van der Waals surface area contributed by atoms with Crippen molar-refractivity contribution in [1.82, 2.24) is 5.32 Å². The van der Waals surface area contributed by atoms with E-state index in [1.807, 2.05) is 55.5 Å². The molecule has 1 fully saturated rings. The van der Waals surface area contributed by atoms with Crippen LogP contribution in [0.2, 0.25) is 0 Å². The van der Waals surface area contributed by atoms with Crippen LogP contribution in [0, 0.1) is 11.3 Å². The summed E-state index contributed by atoms with van der Waals surface area (Å²) in [6, 6.07) is 17.7. The van der Waals surface area contributed by atoms with Crippen LogP contribution in [-0.2, 0) is 16.0 Å². The second kappa shape index (κ2) is 6.36. The Hall–Kier alpha value is -2.46. The Kier molecular flexibility index (Phi) is 4.16. The van der Waals surface area contributed by atoms with Gasteiger partial charge in [0.2, 0.25) is 0 Å². The Morgan fingerprint density at radius 1 is 1.12 bits per heavy atom. The molecule has 0 bridgehead atoms. The number of fused-ring (bicyclic) bond motifs is 2. The van der Waals surface area contributed by atoms with Gasteiger partial charge in [0, 0.05) is 24.8 Å². The van der Waals surface area contributed by atoms with E-state index in [1.54, 1.807) is 0 Å². The molecular weight excluding hydrogens is 326 g/mol. The van der Waals surface area contributed by atoms with Crippen LogP contribution in [0.15, 0.2) is 54.6 Å². The van der Waals surface area contributed by atoms with Gasteiger partial charge in [-0.05, 0) is 23.1 Å². The third-order valence-electron chi connectivity index (χ3n) is 6.17. The Morgan fingerprint density at radius 2 is 1.81 bits per heavy atom.